The van der Waals surface area contributed by atoms with Gasteiger partial charge in [-0.2, -0.15) is 0 Å². The Morgan fingerprint density at radius 3 is 2.24 bits per heavy atom. The molecule has 0 aliphatic carbocycles. The quantitative estimate of drug-likeness (QED) is 0.479. The molecule has 1 aromatic carbocycles. The van der Waals surface area contributed by atoms with Gasteiger partial charge in [-0.3, -0.25) is 0 Å². The van der Waals surface area contributed by atoms with E-state index in [-0.39, 0.29) is 0 Å². The fourth-order valence-electron chi connectivity index (χ4n) is 2.16. The van der Waals surface area contributed by atoms with Crippen LogP contribution in [0.15, 0.2) is 24.0 Å². The van der Waals surface area contributed by atoms with E-state index in [2.05, 4.69) is 6.92 Å². The van der Waals surface area contributed by atoms with E-state index >= 15 is 0 Å². The lowest BCUT2D eigenvalue weighted by Crippen LogP contribution is -2.40. The van der Waals surface area contributed by atoms with Crippen LogP contribution in [0, 0.1) is 0 Å². The van der Waals surface area contributed by atoms with E-state index < -0.39 is 30.7 Å². The molecule has 5 N–H and O–H groups in total. The van der Waals surface area contributed by atoms with E-state index in [1.165, 1.54) is 11.6 Å². The van der Waals surface area contributed by atoms with Gasteiger partial charge in [-0.25, -0.2) is 0 Å². The van der Waals surface area contributed by atoms with Crippen LogP contribution in [0.2, 0.25) is 0 Å². The Hall–Kier alpha value is -1.40. The molecular weight excluding hydrogens is 272 g/mol. The van der Waals surface area contributed by atoms with Gasteiger partial charge in [0.15, 0.2) is 0 Å². The summed E-state index contributed by atoms with van der Waals surface area (Å²) >= 11 is 0. The average Bonchev–Trinajstić information content (AvgIpc) is 2.52. The van der Waals surface area contributed by atoms with Crippen molar-refractivity contribution in [2.45, 2.75) is 45.0 Å². The van der Waals surface area contributed by atoms with Gasteiger partial charge >= 0.3 is 0 Å². The first kappa shape index (κ1) is 17.7. The van der Waals surface area contributed by atoms with Crippen molar-refractivity contribution in [3.63, 3.8) is 0 Å². The van der Waals surface area contributed by atoms with Gasteiger partial charge in [-0.15, -0.1) is 0 Å². The molecule has 21 heavy (non-hydrogen) atoms. The lowest BCUT2D eigenvalue weighted by Gasteiger charge is -2.21. The monoisotopic (exact) mass is 296 g/mol. The molecule has 3 unspecified atom stereocenters. The molecule has 0 bridgehead atoms. The maximum atomic E-state index is 9.83. The van der Waals surface area contributed by atoms with Gasteiger partial charge in [-0.05, 0) is 35.6 Å². The molecule has 0 radical (unpaired) electrons. The summed E-state index contributed by atoms with van der Waals surface area (Å²) in [5.74, 6) is -0.457. The predicted molar refractivity (Wildman–Crippen MR) is 80.9 cm³/mol. The van der Waals surface area contributed by atoms with Crippen LogP contribution >= 0.6 is 0 Å². The zero-order chi connectivity index (χ0) is 16.0. The SMILES string of the molecule is CCc1ccc(C=C(O)C(O)C(O)C(O)CO)cc1CC. The van der Waals surface area contributed by atoms with Crippen molar-refractivity contribution in [1.29, 1.82) is 0 Å². The molecule has 0 aliphatic heterocycles. The Bertz CT molecular complexity index is 484. The molecule has 0 aliphatic rings. The standard InChI is InChI=1S/C16H24O5/c1-3-11-6-5-10(7-12(11)4-2)8-13(18)15(20)16(21)14(19)9-17/h5-8,14-21H,3-4,9H2,1-2H3. The van der Waals surface area contributed by atoms with Crippen LogP contribution in [-0.4, -0.2) is 50.5 Å². The highest BCUT2D eigenvalue weighted by Gasteiger charge is 2.27. The third kappa shape index (κ3) is 4.54. The molecule has 0 fully saturated rings. The van der Waals surface area contributed by atoms with Crippen molar-refractivity contribution in [2.24, 2.45) is 0 Å². The maximum absolute atomic E-state index is 9.83. The van der Waals surface area contributed by atoms with Crippen LogP contribution in [0.1, 0.15) is 30.5 Å². The summed E-state index contributed by atoms with van der Waals surface area (Å²) in [6, 6.07) is 5.69. The fraction of sp³-hybridized carbons (Fsp3) is 0.500. The Morgan fingerprint density at radius 2 is 1.71 bits per heavy atom. The van der Waals surface area contributed by atoms with Gasteiger partial charge in [0.1, 0.15) is 24.1 Å². The normalized spacial score (nSPS) is 16.6. The summed E-state index contributed by atoms with van der Waals surface area (Å²) in [5, 5.41) is 47.1. The third-order valence-electron chi connectivity index (χ3n) is 3.51. The molecule has 3 atom stereocenters. The first-order valence-corrected chi connectivity index (χ1v) is 7.11. The summed E-state index contributed by atoms with van der Waals surface area (Å²) in [7, 11) is 0. The van der Waals surface area contributed by atoms with Crippen LogP contribution in [0.25, 0.3) is 6.08 Å². The highest BCUT2D eigenvalue weighted by Crippen LogP contribution is 2.17. The molecule has 5 nitrogen and oxygen atoms in total. The van der Waals surface area contributed by atoms with Crippen LogP contribution in [-0.2, 0) is 12.8 Å². The van der Waals surface area contributed by atoms with Crippen molar-refractivity contribution in [3.05, 3.63) is 40.6 Å². The predicted octanol–water partition coefficient (Wildman–Crippen LogP) is 0.785. The number of aryl methyl sites for hydroxylation is 2. The van der Waals surface area contributed by atoms with Gasteiger partial charge in [0, 0.05) is 0 Å². The van der Waals surface area contributed by atoms with Crippen LogP contribution in [0.5, 0.6) is 0 Å². The maximum Gasteiger partial charge on any atom is 0.139 e. The smallest absolute Gasteiger partial charge is 0.139 e. The zero-order valence-corrected chi connectivity index (χ0v) is 12.4. The van der Waals surface area contributed by atoms with Crippen molar-refractivity contribution in [2.75, 3.05) is 6.61 Å². The largest absolute Gasteiger partial charge is 0.509 e. The number of aliphatic hydroxyl groups excluding tert-OH is 5. The molecule has 0 saturated heterocycles. The number of rotatable bonds is 7. The Balaban J connectivity index is 2.96. The Labute approximate surface area is 124 Å². The molecule has 0 spiro atoms. The number of aliphatic hydroxyl groups is 5. The third-order valence-corrected chi connectivity index (χ3v) is 3.51. The van der Waals surface area contributed by atoms with E-state index in [0.29, 0.717) is 5.56 Å². The van der Waals surface area contributed by atoms with Gasteiger partial charge in [-0.1, -0.05) is 32.0 Å². The van der Waals surface area contributed by atoms with Gasteiger partial charge in [0.25, 0.3) is 0 Å². The van der Waals surface area contributed by atoms with E-state index in [1.807, 2.05) is 25.1 Å². The molecule has 1 aromatic rings. The number of benzene rings is 1. The molecule has 0 aromatic heterocycles. The first-order valence-electron chi connectivity index (χ1n) is 7.11. The lowest BCUT2D eigenvalue weighted by molar-refractivity contribution is -0.0735. The van der Waals surface area contributed by atoms with E-state index in [9.17, 15) is 20.4 Å². The van der Waals surface area contributed by atoms with Crippen LogP contribution < -0.4 is 0 Å². The molecule has 1 rings (SSSR count). The van der Waals surface area contributed by atoms with Gasteiger partial charge < -0.3 is 25.5 Å². The second-order valence-corrected chi connectivity index (χ2v) is 4.99. The molecule has 118 valence electrons. The van der Waals surface area contributed by atoms with Crippen LogP contribution in [0.4, 0.5) is 0 Å². The molecule has 0 amide bonds. The fourth-order valence-corrected chi connectivity index (χ4v) is 2.16. The number of hydrogen-bond acceptors (Lipinski definition) is 5. The van der Waals surface area contributed by atoms with Gasteiger partial charge in [0.05, 0.1) is 6.61 Å². The van der Waals surface area contributed by atoms with Crippen molar-refractivity contribution >= 4 is 6.08 Å². The molecular formula is C16H24O5. The average molecular weight is 296 g/mol. The van der Waals surface area contributed by atoms with Crippen molar-refractivity contribution in [3.8, 4) is 0 Å². The lowest BCUT2D eigenvalue weighted by atomic mass is 9.98. The second-order valence-electron chi connectivity index (χ2n) is 4.99. The second kappa shape index (κ2) is 8.14. The first-order chi connectivity index (χ1) is 9.94. The van der Waals surface area contributed by atoms with E-state index in [4.69, 9.17) is 5.11 Å². The van der Waals surface area contributed by atoms with E-state index in [1.54, 1.807) is 0 Å². The Morgan fingerprint density at radius 1 is 1.10 bits per heavy atom. The zero-order valence-electron chi connectivity index (χ0n) is 12.4. The minimum absolute atomic E-state index is 0.457. The summed E-state index contributed by atoms with van der Waals surface area (Å²) in [4.78, 5) is 0. The highest BCUT2D eigenvalue weighted by molar-refractivity contribution is 5.54. The minimum atomic E-state index is -1.65. The number of hydrogen-bond donors (Lipinski definition) is 5. The highest BCUT2D eigenvalue weighted by atomic mass is 16.4. The molecule has 0 saturated carbocycles. The summed E-state index contributed by atoms with van der Waals surface area (Å²) < 4.78 is 0. The minimum Gasteiger partial charge on any atom is -0.509 e. The van der Waals surface area contributed by atoms with Crippen molar-refractivity contribution < 1.29 is 25.5 Å². The van der Waals surface area contributed by atoms with Gasteiger partial charge in [0.2, 0.25) is 0 Å². The Kier molecular flexibility index (Phi) is 6.84. The molecule has 0 heterocycles. The summed E-state index contributed by atoms with van der Waals surface area (Å²) in [6.07, 6.45) is -1.68. The molecule has 5 heteroatoms. The van der Waals surface area contributed by atoms with Crippen LogP contribution in [0.3, 0.4) is 0 Å². The summed E-state index contributed by atoms with van der Waals surface area (Å²) in [6.45, 7) is 3.41. The topological polar surface area (TPSA) is 101 Å². The van der Waals surface area contributed by atoms with Crippen molar-refractivity contribution in [1.82, 2.24) is 0 Å². The van der Waals surface area contributed by atoms with E-state index in [0.717, 1.165) is 18.4 Å². The summed E-state index contributed by atoms with van der Waals surface area (Å²) in [5.41, 5.74) is 3.08.